The Balaban J connectivity index is 4.47. The second-order valence-electron chi connectivity index (χ2n) is 4.09. The first-order valence-electron chi connectivity index (χ1n) is 5.76. The summed E-state index contributed by atoms with van der Waals surface area (Å²) in [4.78, 5) is 36.4. The summed E-state index contributed by atoms with van der Waals surface area (Å²) in [6, 6.07) is -0.393. The van der Waals surface area contributed by atoms with E-state index in [9.17, 15) is 14.4 Å². The Morgan fingerprint density at radius 3 is 2.28 bits per heavy atom. The average Bonchev–Trinajstić information content (AvgIpc) is 2.33. The quantitative estimate of drug-likeness (QED) is 0.693. The van der Waals surface area contributed by atoms with Crippen LogP contribution in [0.3, 0.4) is 0 Å². The van der Waals surface area contributed by atoms with Crippen molar-refractivity contribution in [3.05, 3.63) is 0 Å². The van der Waals surface area contributed by atoms with Crippen LogP contribution in [0.4, 0.5) is 4.79 Å². The molecule has 0 aliphatic rings. The van der Waals surface area contributed by atoms with Gasteiger partial charge < -0.3 is 20.2 Å². The number of hydrogen-bond donors (Lipinski definition) is 2. The van der Waals surface area contributed by atoms with Gasteiger partial charge in [0.15, 0.2) is 0 Å². The Morgan fingerprint density at radius 2 is 1.89 bits per heavy atom. The van der Waals surface area contributed by atoms with Crippen molar-refractivity contribution in [3.8, 4) is 0 Å². The molecule has 0 rings (SSSR count). The summed E-state index contributed by atoms with van der Waals surface area (Å²) in [5.41, 5.74) is 0. The zero-order valence-corrected chi connectivity index (χ0v) is 11.3. The lowest BCUT2D eigenvalue weighted by Crippen LogP contribution is -2.46. The van der Waals surface area contributed by atoms with Crippen LogP contribution in [-0.2, 0) is 9.59 Å². The lowest BCUT2D eigenvalue weighted by molar-refractivity contribution is -0.137. The highest BCUT2D eigenvalue weighted by Gasteiger charge is 2.22. The summed E-state index contributed by atoms with van der Waals surface area (Å²) in [7, 11) is 3.08. The van der Waals surface area contributed by atoms with Gasteiger partial charge in [0.1, 0.15) is 6.54 Å². The first-order chi connectivity index (χ1) is 8.33. The maximum Gasteiger partial charge on any atom is 0.323 e. The van der Waals surface area contributed by atoms with Gasteiger partial charge in [-0.1, -0.05) is 6.92 Å². The van der Waals surface area contributed by atoms with Crippen LogP contribution in [0.1, 0.15) is 13.8 Å². The minimum absolute atomic E-state index is 0.157. The Hall–Kier alpha value is -1.79. The van der Waals surface area contributed by atoms with E-state index in [4.69, 9.17) is 5.11 Å². The molecule has 0 aromatic carbocycles. The van der Waals surface area contributed by atoms with Crippen LogP contribution in [0.25, 0.3) is 0 Å². The molecule has 1 unspecified atom stereocenters. The van der Waals surface area contributed by atoms with Crippen molar-refractivity contribution < 1.29 is 19.5 Å². The van der Waals surface area contributed by atoms with Crippen LogP contribution in [-0.4, -0.2) is 66.5 Å². The minimum atomic E-state index is -1.06. The van der Waals surface area contributed by atoms with Crippen molar-refractivity contribution in [3.63, 3.8) is 0 Å². The largest absolute Gasteiger partial charge is 0.480 e. The number of likely N-dealkylation sites (N-methyl/N-ethyl adjacent to an activating group) is 1. The maximum absolute atomic E-state index is 11.9. The second kappa shape index (κ2) is 7.52. The van der Waals surface area contributed by atoms with E-state index in [-0.39, 0.29) is 24.9 Å². The van der Waals surface area contributed by atoms with E-state index in [1.54, 1.807) is 20.9 Å². The Labute approximate surface area is 107 Å². The molecule has 0 saturated carbocycles. The van der Waals surface area contributed by atoms with Crippen molar-refractivity contribution >= 4 is 17.9 Å². The van der Waals surface area contributed by atoms with Gasteiger partial charge in [0, 0.05) is 27.2 Å². The molecule has 0 aliphatic carbocycles. The number of amides is 3. The van der Waals surface area contributed by atoms with Crippen LogP contribution in [0.15, 0.2) is 0 Å². The van der Waals surface area contributed by atoms with E-state index in [1.807, 2.05) is 0 Å². The Kier molecular flexibility index (Phi) is 6.77. The predicted molar refractivity (Wildman–Crippen MR) is 66.1 cm³/mol. The molecule has 18 heavy (non-hydrogen) atoms. The van der Waals surface area contributed by atoms with E-state index >= 15 is 0 Å². The fourth-order valence-corrected chi connectivity index (χ4v) is 1.54. The van der Waals surface area contributed by atoms with Gasteiger partial charge in [-0.25, -0.2) is 4.79 Å². The number of carboxylic acid groups (broad SMARTS) is 1. The number of carbonyl (C=O) groups is 3. The standard InChI is InChI=1S/C11H21N3O4/c1-5-14(7-9(15)16)11(18)13(4)6-8(2)10(17)12-3/h8H,5-7H2,1-4H3,(H,12,17)(H,15,16). The molecular formula is C11H21N3O4. The van der Waals surface area contributed by atoms with Gasteiger partial charge in [0.25, 0.3) is 0 Å². The molecule has 104 valence electrons. The maximum atomic E-state index is 11.9. The van der Waals surface area contributed by atoms with Gasteiger partial charge in [0.05, 0.1) is 5.92 Å². The highest BCUT2D eigenvalue weighted by molar-refractivity contribution is 5.81. The molecule has 0 aliphatic heterocycles. The molecular weight excluding hydrogens is 238 g/mol. The molecule has 0 fully saturated rings. The first-order valence-corrected chi connectivity index (χ1v) is 5.76. The molecule has 0 bridgehead atoms. The average molecular weight is 259 g/mol. The van der Waals surface area contributed by atoms with Gasteiger partial charge in [0.2, 0.25) is 5.91 Å². The van der Waals surface area contributed by atoms with Crippen molar-refractivity contribution in [2.24, 2.45) is 5.92 Å². The molecule has 7 heteroatoms. The summed E-state index contributed by atoms with van der Waals surface area (Å²) in [6.07, 6.45) is 0. The van der Waals surface area contributed by atoms with Crippen LogP contribution in [0.5, 0.6) is 0 Å². The number of hydrogen-bond acceptors (Lipinski definition) is 3. The second-order valence-corrected chi connectivity index (χ2v) is 4.09. The Bertz CT molecular complexity index is 319. The monoisotopic (exact) mass is 259 g/mol. The summed E-state index contributed by atoms with van der Waals surface area (Å²) < 4.78 is 0. The number of aliphatic carboxylic acids is 1. The zero-order chi connectivity index (χ0) is 14.3. The molecule has 2 N–H and O–H groups in total. The zero-order valence-electron chi connectivity index (χ0n) is 11.3. The molecule has 3 amide bonds. The van der Waals surface area contributed by atoms with E-state index in [1.165, 1.54) is 16.8 Å². The number of nitrogens with one attached hydrogen (secondary N) is 1. The normalized spacial score (nSPS) is 11.6. The van der Waals surface area contributed by atoms with E-state index < -0.39 is 12.0 Å². The van der Waals surface area contributed by atoms with Gasteiger partial charge in [-0.15, -0.1) is 0 Å². The van der Waals surface area contributed by atoms with Crippen LogP contribution >= 0.6 is 0 Å². The van der Waals surface area contributed by atoms with Gasteiger partial charge >= 0.3 is 12.0 Å². The number of nitrogens with zero attached hydrogens (tertiary/aromatic N) is 2. The molecule has 0 aromatic rings. The summed E-state index contributed by atoms with van der Waals surface area (Å²) >= 11 is 0. The van der Waals surface area contributed by atoms with Crippen LogP contribution in [0, 0.1) is 5.92 Å². The number of carbonyl (C=O) groups excluding carboxylic acids is 2. The van der Waals surface area contributed by atoms with Crippen molar-refractivity contribution in [1.29, 1.82) is 0 Å². The van der Waals surface area contributed by atoms with E-state index in [0.717, 1.165) is 0 Å². The third-order valence-electron chi connectivity index (χ3n) is 2.55. The molecule has 0 heterocycles. The summed E-state index contributed by atoms with van der Waals surface area (Å²) in [6.45, 7) is 3.62. The summed E-state index contributed by atoms with van der Waals surface area (Å²) in [5.74, 6) is -1.55. The van der Waals surface area contributed by atoms with E-state index in [2.05, 4.69) is 5.32 Å². The highest BCUT2D eigenvalue weighted by atomic mass is 16.4. The van der Waals surface area contributed by atoms with Crippen LogP contribution in [0.2, 0.25) is 0 Å². The van der Waals surface area contributed by atoms with Gasteiger partial charge in [-0.05, 0) is 6.92 Å². The smallest absolute Gasteiger partial charge is 0.323 e. The summed E-state index contributed by atoms with van der Waals surface area (Å²) in [5, 5.41) is 11.2. The Morgan fingerprint density at radius 1 is 1.33 bits per heavy atom. The lowest BCUT2D eigenvalue weighted by Gasteiger charge is -2.27. The van der Waals surface area contributed by atoms with Gasteiger partial charge in [-0.3, -0.25) is 9.59 Å². The van der Waals surface area contributed by atoms with Crippen molar-refractivity contribution in [2.45, 2.75) is 13.8 Å². The number of carboxylic acids is 1. The molecule has 7 nitrogen and oxygen atoms in total. The number of rotatable bonds is 6. The van der Waals surface area contributed by atoms with Gasteiger partial charge in [-0.2, -0.15) is 0 Å². The molecule has 0 aromatic heterocycles. The first kappa shape index (κ1) is 16.2. The fraction of sp³-hybridized carbons (Fsp3) is 0.727. The fourth-order valence-electron chi connectivity index (χ4n) is 1.54. The van der Waals surface area contributed by atoms with Crippen molar-refractivity contribution in [1.82, 2.24) is 15.1 Å². The third kappa shape index (κ3) is 5.03. The van der Waals surface area contributed by atoms with Crippen molar-refractivity contribution in [2.75, 3.05) is 33.7 Å². The SMILES string of the molecule is CCN(CC(=O)O)C(=O)N(C)CC(C)C(=O)NC. The van der Waals surface area contributed by atoms with E-state index in [0.29, 0.717) is 6.54 Å². The molecule has 0 radical (unpaired) electrons. The highest BCUT2D eigenvalue weighted by Crippen LogP contribution is 2.02. The van der Waals surface area contributed by atoms with Crippen LogP contribution < -0.4 is 5.32 Å². The topological polar surface area (TPSA) is 90.0 Å². The molecule has 0 spiro atoms. The lowest BCUT2D eigenvalue weighted by atomic mass is 10.1. The minimum Gasteiger partial charge on any atom is -0.480 e. The predicted octanol–water partition coefficient (Wildman–Crippen LogP) is -0.173. The number of urea groups is 1. The third-order valence-corrected chi connectivity index (χ3v) is 2.55. The molecule has 0 saturated heterocycles. The molecule has 1 atom stereocenters.